The van der Waals surface area contributed by atoms with Gasteiger partial charge in [0.25, 0.3) is 0 Å². The summed E-state index contributed by atoms with van der Waals surface area (Å²) in [4.78, 5) is 18.7. The first-order valence-corrected chi connectivity index (χ1v) is 16.2. The van der Waals surface area contributed by atoms with E-state index in [0.29, 0.717) is 28.6 Å². The molecule has 0 radical (unpaired) electrons. The second-order valence-corrected chi connectivity index (χ2v) is 14.0. The lowest BCUT2D eigenvalue weighted by Gasteiger charge is -2.57. The summed E-state index contributed by atoms with van der Waals surface area (Å²) in [7, 11) is 0. The summed E-state index contributed by atoms with van der Waals surface area (Å²) in [5, 5.41) is 2.77. The van der Waals surface area contributed by atoms with Gasteiger partial charge in [-0.05, 0) is 85.5 Å². The van der Waals surface area contributed by atoms with Crippen LogP contribution in [0.4, 0.5) is 5.69 Å². The molecule has 4 bridgehead atoms. The number of nitrogens with zero attached hydrogens (tertiary/aromatic N) is 4. The van der Waals surface area contributed by atoms with E-state index in [1.54, 1.807) is 5.56 Å². The zero-order chi connectivity index (χ0) is 28.5. The summed E-state index contributed by atoms with van der Waals surface area (Å²) < 4.78 is 2.60. The highest BCUT2D eigenvalue weighted by Gasteiger charge is 2.52. The molecule has 2 aromatic heterocycles. The van der Waals surface area contributed by atoms with Crippen molar-refractivity contribution in [1.29, 1.82) is 0 Å². The van der Waals surface area contributed by atoms with E-state index in [9.17, 15) is 0 Å². The van der Waals surface area contributed by atoms with Crippen molar-refractivity contribution in [1.82, 2.24) is 15.0 Å². The van der Waals surface area contributed by atoms with Crippen LogP contribution in [0.3, 0.4) is 0 Å². The molecule has 0 N–H and O–H groups in total. The van der Waals surface area contributed by atoms with Gasteiger partial charge in [0.2, 0.25) is 0 Å². The summed E-state index contributed by atoms with van der Waals surface area (Å²) in [6.07, 6.45) is 8.43. The van der Waals surface area contributed by atoms with Crippen molar-refractivity contribution >= 4 is 37.2 Å². The summed E-state index contributed by atoms with van der Waals surface area (Å²) in [6, 6.07) is 31.3. The molecule has 0 amide bonds. The van der Waals surface area contributed by atoms with Gasteiger partial charge in [0.15, 0.2) is 23.2 Å². The first-order valence-electron chi connectivity index (χ1n) is 15.4. The number of aromatic nitrogens is 3. The van der Waals surface area contributed by atoms with Crippen molar-refractivity contribution in [3.05, 3.63) is 108 Å². The van der Waals surface area contributed by atoms with Gasteiger partial charge in [-0.15, -0.1) is 11.3 Å². The van der Waals surface area contributed by atoms with Gasteiger partial charge in [-0.1, -0.05) is 72.8 Å². The Hall–Kier alpha value is -4.40. The topological polar surface area (TPSA) is 43.0 Å². The lowest BCUT2D eigenvalue weighted by Crippen LogP contribution is -2.48. The van der Waals surface area contributed by atoms with Gasteiger partial charge >= 0.3 is 0 Å². The number of hydrogen-bond donors (Lipinski definition) is 0. The molecule has 0 unspecified atom stereocenters. The van der Waals surface area contributed by atoms with Gasteiger partial charge in [-0.3, -0.25) is 0 Å². The van der Waals surface area contributed by atoms with Crippen LogP contribution in [0.5, 0.6) is 0 Å². The molecule has 5 heteroatoms. The fraction of sp³-hybridized carbons (Fsp3) is 0.263. The Morgan fingerprint density at radius 1 is 0.674 bits per heavy atom. The number of thiophene rings is 1. The molecule has 4 fully saturated rings. The molecule has 10 rings (SSSR count). The lowest BCUT2D eigenvalue weighted by atomic mass is 9.48. The largest absolute Gasteiger partial charge is 0.238 e. The molecule has 0 saturated heterocycles. The van der Waals surface area contributed by atoms with Crippen molar-refractivity contribution < 1.29 is 0 Å². The second-order valence-electron chi connectivity index (χ2n) is 13.0. The standard InChI is InChI=1S/C38H30N4S/c1-39-28-11-5-10-27(19-28)36-40-35(26-8-3-2-4-9-26)41-37(42-36)30-13-6-12-29-33-31(14-7-15-32(33)43-34(29)30)38-20-23-16-24(21-38)18-25(17-23)22-38/h2-15,19,23-25H,16-18,20-22H2. The van der Waals surface area contributed by atoms with Crippen LogP contribution in [-0.4, -0.2) is 15.0 Å². The molecular weight excluding hydrogens is 545 g/mol. The van der Waals surface area contributed by atoms with E-state index < -0.39 is 0 Å². The van der Waals surface area contributed by atoms with Gasteiger partial charge < -0.3 is 0 Å². The number of benzene rings is 4. The highest BCUT2D eigenvalue weighted by molar-refractivity contribution is 7.26. The zero-order valence-corrected chi connectivity index (χ0v) is 24.6. The van der Waals surface area contributed by atoms with Crippen molar-refractivity contribution in [2.45, 2.75) is 43.9 Å². The van der Waals surface area contributed by atoms with E-state index in [0.717, 1.165) is 34.4 Å². The summed E-state index contributed by atoms with van der Waals surface area (Å²) in [5.74, 6) is 4.61. The van der Waals surface area contributed by atoms with E-state index in [4.69, 9.17) is 21.5 Å². The van der Waals surface area contributed by atoms with Gasteiger partial charge in [-0.2, -0.15) is 0 Å². The third-order valence-corrected chi connectivity index (χ3v) is 11.5. The van der Waals surface area contributed by atoms with E-state index >= 15 is 0 Å². The number of fused-ring (bicyclic) bond motifs is 3. The Balaban J connectivity index is 1.25. The molecule has 0 aliphatic heterocycles. The zero-order valence-electron chi connectivity index (χ0n) is 23.8. The minimum Gasteiger partial charge on any atom is -0.238 e. The Morgan fingerprint density at radius 2 is 1.33 bits per heavy atom. The number of hydrogen-bond acceptors (Lipinski definition) is 4. The van der Waals surface area contributed by atoms with Crippen LogP contribution in [0.15, 0.2) is 91.0 Å². The highest BCUT2D eigenvalue weighted by atomic mass is 32.1. The predicted octanol–water partition coefficient (Wildman–Crippen LogP) is 10.3. The summed E-state index contributed by atoms with van der Waals surface area (Å²) in [6.45, 7) is 7.52. The number of rotatable bonds is 4. The normalized spacial score (nSPS) is 24.0. The van der Waals surface area contributed by atoms with Gasteiger partial charge in [0.1, 0.15) is 0 Å². The van der Waals surface area contributed by atoms with E-state index in [1.807, 2.05) is 65.9 Å². The summed E-state index contributed by atoms with van der Waals surface area (Å²) >= 11 is 1.87. The average Bonchev–Trinajstić information content (AvgIpc) is 3.43. The van der Waals surface area contributed by atoms with Crippen LogP contribution in [0.1, 0.15) is 44.1 Å². The van der Waals surface area contributed by atoms with Crippen molar-refractivity contribution in [3.8, 4) is 34.2 Å². The van der Waals surface area contributed by atoms with Crippen LogP contribution >= 0.6 is 11.3 Å². The first kappa shape index (κ1) is 25.1. The maximum Gasteiger partial charge on any atom is 0.187 e. The quantitative estimate of drug-likeness (QED) is 0.197. The van der Waals surface area contributed by atoms with Gasteiger partial charge in [0.05, 0.1) is 6.57 Å². The Labute approximate surface area is 255 Å². The smallest absolute Gasteiger partial charge is 0.187 e. The molecule has 4 aliphatic carbocycles. The summed E-state index contributed by atoms with van der Waals surface area (Å²) in [5.41, 5.74) is 5.29. The second kappa shape index (κ2) is 9.56. The van der Waals surface area contributed by atoms with E-state index in [-0.39, 0.29) is 0 Å². The lowest BCUT2D eigenvalue weighted by molar-refractivity contribution is -0.00446. The molecular formula is C38H30N4S. The van der Waals surface area contributed by atoms with Crippen molar-refractivity contribution in [2.75, 3.05) is 0 Å². The van der Waals surface area contributed by atoms with E-state index in [1.165, 1.54) is 58.7 Å². The Kier molecular flexibility index (Phi) is 5.58. The van der Waals surface area contributed by atoms with E-state index in [2.05, 4.69) is 41.2 Å². The molecule has 4 nitrogen and oxygen atoms in total. The predicted molar refractivity (Wildman–Crippen MR) is 175 cm³/mol. The maximum atomic E-state index is 7.52. The fourth-order valence-corrected chi connectivity index (χ4v) is 10.2. The Morgan fingerprint density at radius 3 is 2.07 bits per heavy atom. The van der Waals surface area contributed by atoms with Crippen LogP contribution in [0.2, 0.25) is 0 Å². The average molecular weight is 575 g/mol. The molecule has 4 aliphatic rings. The molecule has 6 aromatic rings. The molecule has 4 aromatic carbocycles. The molecule has 2 heterocycles. The Bertz CT molecular complexity index is 2050. The third-order valence-electron chi connectivity index (χ3n) is 10.3. The molecule has 0 spiro atoms. The maximum absolute atomic E-state index is 7.52. The van der Waals surface area contributed by atoms with Gasteiger partial charge in [-0.25, -0.2) is 19.8 Å². The fourth-order valence-electron chi connectivity index (χ4n) is 8.96. The van der Waals surface area contributed by atoms with Crippen LogP contribution in [-0.2, 0) is 5.41 Å². The SMILES string of the molecule is [C-]#[N+]c1cccc(-c2nc(-c3ccccc3)nc(-c3cccc4c3sc3cccc(C56CC7CC(CC(C7)C5)C6)c34)n2)c1. The van der Waals surface area contributed by atoms with Crippen molar-refractivity contribution in [2.24, 2.45) is 17.8 Å². The van der Waals surface area contributed by atoms with Crippen molar-refractivity contribution in [3.63, 3.8) is 0 Å². The van der Waals surface area contributed by atoms with Gasteiger partial charge in [0, 0.05) is 36.9 Å². The van der Waals surface area contributed by atoms with Crippen LogP contribution < -0.4 is 0 Å². The van der Waals surface area contributed by atoms with Crippen LogP contribution in [0.25, 0.3) is 59.2 Å². The monoisotopic (exact) mass is 574 g/mol. The molecule has 0 atom stereocenters. The molecule has 4 saturated carbocycles. The minimum atomic E-state index is 0.326. The third kappa shape index (κ3) is 4.04. The minimum absolute atomic E-state index is 0.326. The highest BCUT2D eigenvalue weighted by Crippen LogP contribution is 2.62. The first-order chi connectivity index (χ1) is 21.2. The van der Waals surface area contributed by atoms with Crippen LogP contribution in [0, 0.1) is 24.3 Å². The molecule has 43 heavy (non-hydrogen) atoms. The molecule has 208 valence electrons.